The number of benzene rings is 2. The molecule has 1 saturated heterocycles. The van der Waals surface area contributed by atoms with Crippen molar-refractivity contribution in [1.82, 2.24) is 0 Å². The number of nitrogens with zero attached hydrogens (tertiary/aromatic N) is 1. The van der Waals surface area contributed by atoms with E-state index in [1.807, 2.05) is 0 Å². The molecule has 6 nitrogen and oxygen atoms in total. The average Bonchev–Trinajstić information content (AvgIpc) is 2.72. The van der Waals surface area contributed by atoms with E-state index >= 15 is 0 Å². The van der Waals surface area contributed by atoms with Gasteiger partial charge in [-0.3, -0.25) is 4.72 Å². The fourth-order valence-corrected chi connectivity index (χ4v) is 4.28. The van der Waals surface area contributed by atoms with E-state index in [4.69, 9.17) is 4.74 Å². The molecule has 2 atom stereocenters. The van der Waals surface area contributed by atoms with Crippen molar-refractivity contribution in [2.24, 2.45) is 0 Å². The minimum Gasteiger partial charge on any atom is -0.376 e. The first-order valence-electron chi connectivity index (χ1n) is 10.5. The van der Waals surface area contributed by atoms with E-state index in [9.17, 15) is 26.0 Å². The molecule has 0 aliphatic carbocycles. The van der Waals surface area contributed by atoms with Crippen LogP contribution in [0.1, 0.15) is 33.3 Å². The van der Waals surface area contributed by atoms with E-state index in [0.717, 1.165) is 0 Å². The third-order valence-corrected chi connectivity index (χ3v) is 7.04. The molecule has 2 aromatic rings. The molecule has 0 spiro atoms. The van der Waals surface area contributed by atoms with Crippen LogP contribution in [0, 0.1) is 23.3 Å². The van der Waals surface area contributed by atoms with Crippen molar-refractivity contribution in [3.63, 3.8) is 0 Å². The molecule has 1 aliphatic heterocycles. The van der Waals surface area contributed by atoms with Gasteiger partial charge in [0.15, 0.2) is 23.3 Å². The number of hydrogen-bond acceptors (Lipinski definition) is 5. The molecule has 2 unspecified atom stereocenters. The minimum atomic E-state index is -3.52. The van der Waals surface area contributed by atoms with Crippen molar-refractivity contribution in [1.29, 1.82) is 0 Å². The summed E-state index contributed by atoms with van der Waals surface area (Å²) in [7, 11) is -3.52. The summed E-state index contributed by atoms with van der Waals surface area (Å²) < 4.78 is 90.7. The third kappa shape index (κ3) is 5.52. The van der Waals surface area contributed by atoms with Crippen LogP contribution in [0.15, 0.2) is 24.3 Å². The lowest BCUT2D eigenvalue weighted by Crippen LogP contribution is -2.46. The van der Waals surface area contributed by atoms with E-state index in [1.54, 1.807) is 13.8 Å². The summed E-state index contributed by atoms with van der Waals surface area (Å²) in [6, 6.07) is 6.01. The van der Waals surface area contributed by atoms with Gasteiger partial charge in [-0.1, -0.05) is 12.1 Å². The summed E-state index contributed by atoms with van der Waals surface area (Å²) in [4.78, 5) is 1.25. The number of sulfonamides is 1. The number of halogens is 4. The lowest BCUT2D eigenvalue weighted by molar-refractivity contribution is -0.00566. The molecule has 33 heavy (non-hydrogen) atoms. The first-order valence-corrected chi connectivity index (χ1v) is 12.1. The largest absolute Gasteiger partial charge is 0.376 e. The van der Waals surface area contributed by atoms with E-state index in [0.29, 0.717) is 11.3 Å². The lowest BCUT2D eigenvalue weighted by atomic mass is 10.1. The van der Waals surface area contributed by atoms with Crippen LogP contribution in [0.5, 0.6) is 0 Å². The minimum absolute atomic E-state index is 0.0940. The van der Waals surface area contributed by atoms with Gasteiger partial charge >= 0.3 is 0 Å². The molecular formula is C22H27F4N3O3S. The van der Waals surface area contributed by atoms with Gasteiger partial charge in [-0.15, -0.1) is 0 Å². The Hall–Kier alpha value is -2.53. The van der Waals surface area contributed by atoms with E-state index in [-0.39, 0.29) is 31.8 Å². The highest BCUT2D eigenvalue weighted by Gasteiger charge is 2.32. The zero-order valence-electron chi connectivity index (χ0n) is 18.8. The molecule has 0 bridgehead atoms. The van der Waals surface area contributed by atoms with Gasteiger partial charge in [-0.2, -0.15) is 0 Å². The predicted molar refractivity (Wildman–Crippen MR) is 120 cm³/mol. The van der Waals surface area contributed by atoms with Crippen molar-refractivity contribution < 1.29 is 30.7 Å². The SMILES string of the molecule is CC1CN(c2c(F)c(F)c(NCc3ccc(NS(=O)(=O)C(C)C)cc3)c(F)c2F)CC(C)O1. The number of nitrogens with one attached hydrogen (secondary N) is 2. The summed E-state index contributed by atoms with van der Waals surface area (Å²) in [5.41, 5.74) is -0.825. The van der Waals surface area contributed by atoms with Crippen molar-refractivity contribution >= 4 is 27.1 Å². The van der Waals surface area contributed by atoms with Gasteiger partial charge in [0.25, 0.3) is 0 Å². The molecule has 2 N–H and O–H groups in total. The number of morpholine rings is 1. The molecule has 3 rings (SSSR count). The second-order valence-electron chi connectivity index (χ2n) is 8.39. The van der Waals surface area contributed by atoms with E-state index in [1.165, 1.54) is 43.0 Å². The second-order valence-corrected chi connectivity index (χ2v) is 10.6. The molecule has 1 heterocycles. The maximum atomic E-state index is 14.8. The Balaban J connectivity index is 1.78. The fraction of sp³-hybridized carbons (Fsp3) is 0.455. The highest BCUT2D eigenvalue weighted by molar-refractivity contribution is 7.93. The van der Waals surface area contributed by atoms with E-state index < -0.39 is 49.9 Å². The summed E-state index contributed by atoms with van der Waals surface area (Å²) >= 11 is 0. The molecule has 1 fully saturated rings. The second kappa shape index (κ2) is 9.76. The van der Waals surface area contributed by atoms with Crippen molar-refractivity contribution in [2.45, 2.75) is 51.7 Å². The average molecular weight is 490 g/mol. The Morgan fingerprint density at radius 1 is 0.970 bits per heavy atom. The van der Waals surface area contributed by atoms with Gasteiger partial charge < -0.3 is 15.0 Å². The van der Waals surface area contributed by atoms with Crippen LogP contribution in [0.4, 0.5) is 34.6 Å². The Morgan fingerprint density at radius 2 is 1.48 bits per heavy atom. The maximum absolute atomic E-state index is 14.8. The number of hydrogen-bond donors (Lipinski definition) is 2. The molecule has 11 heteroatoms. The highest BCUT2D eigenvalue weighted by atomic mass is 32.2. The van der Waals surface area contributed by atoms with Gasteiger partial charge in [0, 0.05) is 25.3 Å². The van der Waals surface area contributed by atoms with Crippen molar-refractivity contribution in [2.75, 3.05) is 28.0 Å². The third-order valence-electron chi connectivity index (χ3n) is 5.28. The number of rotatable bonds is 7. The summed E-state index contributed by atoms with van der Waals surface area (Å²) in [6.07, 6.45) is -0.714. The molecule has 0 saturated carbocycles. The lowest BCUT2D eigenvalue weighted by Gasteiger charge is -2.37. The van der Waals surface area contributed by atoms with E-state index in [2.05, 4.69) is 10.0 Å². The summed E-state index contributed by atoms with van der Waals surface area (Å²) in [5, 5.41) is 1.78. The van der Waals surface area contributed by atoms with Gasteiger partial charge in [-0.05, 0) is 45.4 Å². The molecular weight excluding hydrogens is 462 g/mol. The predicted octanol–water partition coefficient (Wildman–Crippen LogP) is 4.62. The molecule has 182 valence electrons. The molecule has 2 aromatic carbocycles. The normalized spacial score (nSPS) is 19.1. The van der Waals surface area contributed by atoms with Crippen LogP contribution >= 0.6 is 0 Å². The fourth-order valence-electron chi connectivity index (χ4n) is 3.58. The quantitative estimate of drug-likeness (QED) is 0.439. The molecule has 0 aromatic heterocycles. The molecule has 0 radical (unpaired) electrons. The zero-order valence-corrected chi connectivity index (χ0v) is 19.6. The Kier molecular flexibility index (Phi) is 7.42. The number of anilines is 3. The van der Waals surface area contributed by atoms with Gasteiger partial charge in [0.05, 0.1) is 17.5 Å². The molecule has 1 aliphatic rings. The first-order chi connectivity index (χ1) is 15.4. The highest BCUT2D eigenvalue weighted by Crippen LogP contribution is 2.35. The Labute approximate surface area is 191 Å². The molecule has 0 amide bonds. The van der Waals surface area contributed by atoms with Gasteiger partial charge in [-0.25, -0.2) is 26.0 Å². The van der Waals surface area contributed by atoms with Crippen molar-refractivity contribution in [3.8, 4) is 0 Å². The summed E-state index contributed by atoms with van der Waals surface area (Å²) in [6.45, 7) is 6.53. The smallest absolute Gasteiger partial charge is 0.235 e. The van der Waals surface area contributed by atoms with Crippen LogP contribution in [0.25, 0.3) is 0 Å². The standard InChI is InChI=1S/C22H27F4N3O3S/c1-12(2)33(30,31)28-16-7-5-15(6-8-16)9-27-21-17(23)19(25)22(20(26)18(21)24)29-10-13(3)32-14(4)11-29/h5-8,12-14,27-28H,9-11H2,1-4H3. The van der Waals surface area contributed by atoms with Crippen molar-refractivity contribution in [3.05, 3.63) is 53.1 Å². The van der Waals surface area contributed by atoms with Crippen LogP contribution in [0.3, 0.4) is 0 Å². The van der Waals surface area contributed by atoms with Crippen LogP contribution in [-0.2, 0) is 21.3 Å². The Bertz CT molecular complexity index is 1070. The van der Waals surface area contributed by atoms with Gasteiger partial charge in [0.1, 0.15) is 11.4 Å². The number of ether oxygens (including phenoxy) is 1. The maximum Gasteiger partial charge on any atom is 0.235 e. The zero-order chi connectivity index (χ0) is 24.5. The summed E-state index contributed by atoms with van der Waals surface area (Å²) in [5.74, 6) is -5.98. The topological polar surface area (TPSA) is 70.7 Å². The first kappa shape index (κ1) is 25.1. The van der Waals surface area contributed by atoms with Crippen LogP contribution < -0.4 is 14.9 Å². The Morgan fingerprint density at radius 3 is 1.97 bits per heavy atom. The monoisotopic (exact) mass is 489 g/mol. The van der Waals surface area contributed by atoms with Crippen LogP contribution in [0.2, 0.25) is 0 Å². The van der Waals surface area contributed by atoms with Crippen LogP contribution in [-0.4, -0.2) is 39.0 Å². The van der Waals surface area contributed by atoms with Gasteiger partial charge in [0.2, 0.25) is 10.0 Å².